The van der Waals surface area contributed by atoms with Crippen LogP contribution in [0.2, 0.25) is 0 Å². The monoisotopic (exact) mass is 359 g/mol. The van der Waals surface area contributed by atoms with E-state index >= 15 is 0 Å². The Kier molecular flexibility index (Phi) is 9.99. The molecule has 0 radical (unpaired) electrons. The van der Waals surface area contributed by atoms with Gasteiger partial charge in [0.1, 0.15) is 6.61 Å². The van der Waals surface area contributed by atoms with Crippen molar-refractivity contribution >= 4 is 5.96 Å². The number of alkyl halides is 3. The first kappa shape index (κ1) is 21.3. The van der Waals surface area contributed by atoms with Crippen LogP contribution in [-0.2, 0) is 11.2 Å². The van der Waals surface area contributed by atoms with Gasteiger partial charge in [-0.25, -0.2) is 0 Å². The topological polar surface area (TPSA) is 45.7 Å². The number of aryl methyl sites for hydroxylation is 1. The second-order valence-corrected chi connectivity index (χ2v) is 5.85. The Hall–Kier alpha value is -1.76. The van der Waals surface area contributed by atoms with Crippen LogP contribution in [0.4, 0.5) is 13.2 Å². The minimum absolute atomic E-state index is 0.0476. The van der Waals surface area contributed by atoms with Gasteiger partial charge in [-0.05, 0) is 38.7 Å². The zero-order valence-corrected chi connectivity index (χ0v) is 14.9. The van der Waals surface area contributed by atoms with Crippen LogP contribution in [0, 0.1) is 0 Å². The van der Waals surface area contributed by atoms with E-state index in [0.717, 1.165) is 19.4 Å². The van der Waals surface area contributed by atoms with Crippen LogP contribution in [0.5, 0.6) is 0 Å². The Labute approximate surface area is 147 Å². The van der Waals surface area contributed by atoms with Crippen molar-refractivity contribution < 1.29 is 17.9 Å². The molecule has 1 aromatic rings. The third-order valence-electron chi connectivity index (χ3n) is 3.42. The van der Waals surface area contributed by atoms with E-state index in [1.165, 1.54) is 5.56 Å². The number of halogens is 3. The van der Waals surface area contributed by atoms with Gasteiger partial charge >= 0.3 is 6.18 Å². The van der Waals surface area contributed by atoms with Gasteiger partial charge in [0.25, 0.3) is 0 Å². The van der Waals surface area contributed by atoms with Crippen LogP contribution in [-0.4, -0.2) is 44.5 Å². The summed E-state index contributed by atoms with van der Waals surface area (Å²) >= 11 is 0. The molecule has 0 aliphatic heterocycles. The van der Waals surface area contributed by atoms with Gasteiger partial charge in [0, 0.05) is 25.7 Å². The number of ether oxygens (including phenoxy) is 1. The first-order valence-corrected chi connectivity index (χ1v) is 8.64. The van der Waals surface area contributed by atoms with Gasteiger partial charge in [0.05, 0.1) is 0 Å². The Morgan fingerprint density at radius 3 is 2.60 bits per heavy atom. The van der Waals surface area contributed by atoms with Crippen molar-refractivity contribution in [3.63, 3.8) is 0 Å². The van der Waals surface area contributed by atoms with Crippen LogP contribution in [0.1, 0.15) is 32.3 Å². The number of hydrogen-bond donors (Lipinski definition) is 2. The molecule has 0 amide bonds. The maximum atomic E-state index is 12.0. The molecule has 7 heteroatoms. The Bertz CT molecular complexity index is 492. The largest absolute Gasteiger partial charge is 0.411 e. The summed E-state index contributed by atoms with van der Waals surface area (Å²) in [5, 5.41) is 6.47. The first-order chi connectivity index (χ1) is 11.9. The standard InChI is InChI=1S/C18H28F3N3O/c1-3-22-17(23-12-7-13-25-14-18(19,20)21)24-15(2)10-11-16-8-5-4-6-9-16/h4-6,8-9,15H,3,7,10-14H2,1-2H3,(H2,22,23,24). The van der Waals surface area contributed by atoms with Gasteiger partial charge in [-0.15, -0.1) is 0 Å². The normalized spacial score (nSPS) is 13.6. The Balaban J connectivity index is 2.29. The quantitative estimate of drug-likeness (QED) is 0.382. The van der Waals surface area contributed by atoms with Crippen molar-refractivity contribution in [2.24, 2.45) is 4.99 Å². The molecule has 0 spiro atoms. The highest BCUT2D eigenvalue weighted by molar-refractivity contribution is 5.80. The SMILES string of the molecule is CCNC(=NCCCOCC(F)(F)F)NC(C)CCc1ccccc1. The number of hydrogen-bond acceptors (Lipinski definition) is 2. The van der Waals surface area contributed by atoms with Gasteiger partial charge in [-0.1, -0.05) is 30.3 Å². The molecule has 1 atom stereocenters. The zero-order valence-electron chi connectivity index (χ0n) is 14.9. The van der Waals surface area contributed by atoms with Crippen molar-refractivity contribution in [3.05, 3.63) is 35.9 Å². The van der Waals surface area contributed by atoms with Gasteiger partial charge < -0.3 is 15.4 Å². The average Bonchev–Trinajstić information content (AvgIpc) is 2.56. The molecule has 0 bridgehead atoms. The first-order valence-electron chi connectivity index (χ1n) is 8.64. The second-order valence-electron chi connectivity index (χ2n) is 5.85. The van der Waals surface area contributed by atoms with E-state index in [-0.39, 0.29) is 12.6 Å². The van der Waals surface area contributed by atoms with Gasteiger partial charge in [0.2, 0.25) is 0 Å². The molecule has 0 aliphatic rings. The predicted molar refractivity (Wildman–Crippen MR) is 94.8 cm³/mol. The lowest BCUT2D eigenvalue weighted by molar-refractivity contribution is -0.173. The maximum Gasteiger partial charge on any atom is 0.411 e. The van der Waals surface area contributed by atoms with Crippen molar-refractivity contribution in [2.45, 2.75) is 45.3 Å². The van der Waals surface area contributed by atoms with Gasteiger partial charge in [-0.2, -0.15) is 13.2 Å². The van der Waals surface area contributed by atoms with Crippen LogP contribution < -0.4 is 10.6 Å². The predicted octanol–water partition coefficient (Wildman–Crippen LogP) is 3.53. The molecule has 2 N–H and O–H groups in total. The van der Waals surface area contributed by atoms with Crippen molar-refractivity contribution in [1.82, 2.24) is 10.6 Å². The fourth-order valence-corrected chi connectivity index (χ4v) is 2.20. The Morgan fingerprint density at radius 2 is 1.96 bits per heavy atom. The minimum atomic E-state index is -4.27. The van der Waals surface area contributed by atoms with E-state index < -0.39 is 12.8 Å². The zero-order chi connectivity index (χ0) is 18.5. The summed E-state index contributed by atoms with van der Waals surface area (Å²) in [4.78, 5) is 4.38. The summed E-state index contributed by atoms with van der Waals surface area (Å²) in [5.41, 5.74) is 1.29. The Morgan fingerprint density at radius 1 is 1.24 bits per heavy atom. The maximum absolute atomic E-state index is 12.0. The highest BCUT2D eigenvalue weighted by Gasteiger charge is 2.27. The summed E-state index contributed by atoms with van der Waals surface area (Å²) in [6.45, 7) is 4.04. The average molecular weight is 359 g/mol. The number of guanidine groups is 1. The fraction of sp³-hybridized carbons (Fsp3) is 0.611. The van der Waals surface area contributed by atoms with E-state index in [0.29, 0.717) is 18.9 Å². The molecule has 0 heterocycles. The fourth-order valence-electron chi connectivity index (χ4n) is 2.20. The lowest BCUT2D eigenvalue weighted by atomic mass is 10.1. The number of rotatable bonds is 10. The van der Waals surface area contributed by atoms with E-state index in [9.17, 15) is 13.2 Å². The molecular formula is C18H28F3N3O. The lowest BCUT2D eigenvalue weighted by Gasteiger charge is -2.18. The van der Waals surface area contributed by atoms with Crippen LogP contribution in [0.15, 0.2) is 35.3 Å². The molecule has 1 aromatic carbocycles. The van der Waals surface area contributed by atoms with Gasteiger partial charge in [0.15, 0.2) is 5.96 Å². The highest BCUT2D eigenvalue weighted by Crippen LogP contribution is 2.14. The summed E-state index contributed by atoms with van der Waals surface area (Å²) in [5.74, 6) is 0.680. The summed E-state index contributed by atoms with van der Waals surface area (Å²) < 4.78 is 40.5. The highest BCUT2D eigenvalue weighted by atomic mass is 19.4. The third-order valence-corrected chi connectivity index (χ3v) is 3.42. The summed E-state index contributed by atoms with van der Waals surface area (Å²) in [6, 6.07) is 10.5. The van der Waals surface area contributed by atoms with Crippen molar-refractivity contribution in [3.8, 4) is 0 Å². The van der Waals surface area contributed by atoms with E-state index in [2.05, 4.69) is 39.4 Å². The molecule has 0 aromatic heterocycles. The molecule has 4 nitrogen and oxygen atoms in total. The molecule has 1 unspecified atom stereocenters. The van der Waals surface area contributed by atoms with Gasteiger partial charge in [-0.3, -0.25) is 4.99 Å². The molecular weight excluding hydrogens is 331 g/mol. The second kappa shape index (κ2) is 11.7. The number of nitrogens with one attached hydrogen (secondary N) is 2. The number of aliphatic imine (C=N–C) groups is 1. The molecule has 0 fully saturated rings. The van der Waals surface area contributed by atoms with Crippen LogP contribution in [0.3, 0.4) is 0 Å². The molecule has 142 valence electrons. The van der Waals surface area contributed by atoms with E-state index in [1.807, 2.05) is 25.1 Å². The minimum Gasteiger partial charge on any atom is -0.372 e. The van der Waals surface area contributed by atoms with Crippen molar-refractivity contribution in [2.75, 3.05) is 26.3 Å². The summed E-state index contributed by atoms with van der Waals surface area (Å²) in [7, 11) is 0. The molecule has 1 rings (SSSR count). The smallest absolute Gasteiger partial charge is 0.372 e. The van der Waals surface area contributed by atoms with E-state index in [4.69, 9.17) is 0 Å². The lowest BCUT2D eigenvalue weighted by Crippen LogP contribution is -2.42. The van der Waals surface area contributed by atoms with E-state index in [1.54, 1.807) is 0 Å². The van der Waals surface area contributed by atoms with Crippen LogP contribution in [0.25, 0.3) is 0 Å². The third kappa shape index (κ3) is 11.4. The molecule has 0 aliphatic carbocycles. The molecule has 0 saturated carbocycles. The number of benzene rings is 1. The molecule has 25 heavy (non-hydrogen) atoms. The molecule has 0 saturated heterocycles. The summed E-state index contributed by atoms with van der Waals surface area (Å²) in [6.07, 6.45) is -1.89. The number of nitrogens with zero attached hydrogens (tertiary/aromatic N) is 1. The van der Waals surface area contributed by atoms with Crippen molar-refractivity contribution in [1.29, 1.82) is 0 Å². The van der Waals surface area contributed by atoms with Crippen LogP contribution >= 0.6 is 0 Å².